The number of hydrogen-bond donors (Lipinski definition) is 5. The van der Waals surface area contributed by atoms with E-state index in [0.29, 0.717) is 18.8 Å². The van der Waals surface area contributed by atoms with Gasteiger partial charge in [0, 0.05) is 11.8 Å². The number of aliphatic hydroxyl groups excluding tert-OH is 2. The maximum Gasteiger partial charge on any atom is 0.306 e. The molecule has 1 saturated heterocycles. The number of ether oxygens (including phenoxy) is 3. The van der Waals surface area contributed by atoms with E-state index < -0.39 is 72.8 Å². The molecule has 1 aliphatic heterocycles. The van der Waals surface area contributed by atoms with Crippen LogP contribution in [0.2, 0.25) is 0 Å². The molecule has 10 unspecified atom stereocenters. The van der Waals surface area contributed by atoms with E-state index in [4.69, 9.17) is 33.1 Å². The first-order valence-electron chi connectivity index (χ1n) is 16.5. The highest BCUT2D eigenvalue weighted by molar-refractivity contribution is 7.90. The second kappa shape index (κ2) is 16.2. The third-order valence-corrected chi connectivity index (χ3v) is 12.7. The van der Waals surface area contributed by atoms with E-state index >= 15 is 0 Å². The predicted octanol–water partition coefficient (Wildman–Crippen LogP) is 4.11. The molecule has 48 heavy (non-hydrogen) atoms. The normalized spacial score (nSPS) is 43.9. The van der Waals surface area contributed by atoms with Crippen LogP contribution >= 0.6 is 24.6 Å². The molecular formula is C30H48O16S2. The van der Waals surface area contributed by atoms with Crippen molar-refractivity contribution in [1.82, 2.24) is 0 Å². The van der Waals surface area contributed by atoms with Gasteiger partial charge in [0.25, 0.3) is 0 Å². The van der Waals surface area contributed by atoms with Crippen LogP contribution in [-0.4, -0.2) is 87.3 Å². The number of fused-ring (bicyclic) bond motifs is 3. The average Bonchev–Trinajstić information content (AvgIpc) is 3.21. The quantitative estimate of drug-likeness (QED) is 0.0400. The van der Waals surface area contributed by atoms with Crippen molar-refractivity contribution in [3.05, 3.63) is 0 Å². The lowest BCUT2D eigenvalue weighted by Gasteiger charge is -2.62. The van der Waals surface area contributed by atoms with Crippen molar-refractivity contribution < 1.29 is 76.7 Å². The van der Waals surface area contributed by atoms with Gasteiger partial charge in [-0.25, -0.2) is 10.5 Å². The Hall–Kier alpha value is -0.840. The number of carbonyl (C=O) groups is 2. The van der Waals surface area contributed by atoms with E-state index in [2.05, 4.69) is 32.6 Å². The largest absolute Gasteiger partial charge is 0.481 e. The number of aliphatic hydroxyl groups is 2. The van der Waals surface area contributed by atoms with Gasteiger partial charge in [0.15, 0.2) is 37.0 Å². The molecule has 5 fully saturated rings. The second-order valence-electron chi connectivity index (χ2n) is 14.7. The molecule has 4 saturated carbocycles. The minimum atomic E-state index is -1.37. The highest BCUT2D eigenvalue weighted by atomic mass is 32.2. The minimum Gasteiger partial charge on any atom is -0.481 e. The molecule has 1 spiro atoms. The number of rotatable bonds is 15. The van der Waals surface area contributed by atoms with E-state index in [1.54, 1.807) is 0 Å². The standard InChI is InChI=1S/C30H48O16S2/c1-14(2)9-22(32)40-25-24(42-48-46-44-37)23(41-47-45-43-36)20(13-31)39-28(25)38-17-10-18(27(34)35)19-7-8-30-11-16(15(3)26(30)33)5-6-21(30)29(19,4)12-17/h14-21,23-26,28,31,33,36-37H,5-13H2,1-4H3,(H,34,35)/t15?,16?,17?,18?,19?,20?,21?,23-,24-,25?,26+,28+,29?,30?/m1/s1. The molecule has 18 heteroatoms. The summed E-state index contributed by atoms with van der Waals surface area (Å²) >= 11 is 0.357. The number of esters is 1. The Balaban J connectivity index is 1.45. The van der Waals surface area contributed by atoms with Crippen molar-refractivity contribution in [2.75, 3.05) is 6.61 Å². The highest BCUT2D eigenvalue weighted by Gasteiger charge is 2.67. The van der Waals surface area contributed by atoms with Crippen LogP contribution in [0.1, 0.15) is 79.1 Å². The third kappa shape index (κ3) is 7.53. The van der Waals surface area contributed by atoms with E-state index in [1.165, 1.54) is 0 Å². The van der Waals surface area contributed by atoms with E-state index in [1.807, 2.05) is 13.8 Å². The van der Waals surface area contributed by atoms with Crippen LogP contribution in [0.5, 0.6) is 0 Å². The summed E-state index contributed by atoms with van der Waals surface area (Å²) in [5.41, 5.74) is -0.749. The molecule has 5 rings (SSSR count). The van der Waals surface area contributed by atoms with E-state index in [9.17, 15) is 24.9 Å². The topological polar surface area (TPSA) is 218 Å². The summed E-state index contributed by atoms with van der Waals surface area (Å²) in [6.07, 6.45) is -2.64. The summed E-state index contributed by atoms with van der Waals surface area (Å²) in [5, 5.41) is 56.9. The van der Waals surface area contributed by atoms with Crippen molar-refractivity contribution in [3.63, 3.8) is 0 Å². The monoisotopic (exact) mass is 728 g/mol. The highest BCUT2D eigenvalue weighted by Crippen LogP contribution is 2.71. The zero-order valence-electron chi connectivity index (χ0n) is 27.4. The fourth-order valence-corrected chi connectivity index (χ4v) is 10.8. The lowest BCUT2D eigenvalue weighted by molar-refractivity contribution is -0.436. The lowest BCUT2D eigenvalue weighted by atomic mass is 9.43. The van der Waals surface area contributed by atoms with Gasteiger partial charge in [0.2, 0.25) is 0 Å². The summed E-state index contributed by atoms with van der Waals surface area (Å²) in [5.74, 6) is -1.72. The first-order valence-corrected chi connectivity index (χ1v) is 17.9. The Labute approximate surface area is 287 Å². The summed E-state index contributed by atoms with van der Waals surface area (Å²) in [6, 6.07) is 0. The molecule has 5 N–H and O–H groups in total. The third-order valence-electron chi connectivity index (χ3n) is 11.9. The molecule has 0 aromatic heterocycles. The molecule has 16 nitrogen and oxygen atoms in total. The van der Waals surface area contributed by atoms with Gasteiger partial charge in [-0.3, -0.25) is 18.0 Å². The Bertz CT molecular complexity index is 1100. The molecule has 276 valence electrons. The number of carbonyl (C=O) groups excluding carboxylic acids is 1. The van der Waals surface area contributed by atoms with Crippen LogP contribution in [0, 0.1) is 46.3 Å². The fraction of sp³-hybridized carbons (Fsp3) is 0.933. The molecule has 5 aliphatic rings. The first kappa shape index (κ1) is 38.4. The molecule has 14 atom stereocenters. The Morgan fingerprint density at radius 3 is 2.31 bits per heavy atom. The van der Waals surface area contributed by atoms with Gasteiger partial charge in [-0.1, -0.05) is 37.8 Å². The molecule has 2 bridgehead atoms. The van der Waals surface area contributed by atoms with Crippen LogP contribution < -0.4 is 0 Å². The van der Waals surface area contributed by atoms with Gasteiger partial charge in [0.05, 0.1) is 24.7 Å². The number of carboxylic acids is 1. The van der Waals surface area contributed by atoms with Gasteiger partial charge in [-0.05, 0) is 80.0 Å². The first-order chi connectivity index (χ1) is 22.9. The van der Waals surface area contributed by atoms with Crippen LogP contribution in [0.25, 0.3) is 0 Å². The molecule has 0 aromatic rings. The van der Waals surface area contributed by atoms with E-state index in [-0.39, 0.29) is 66.6 Å². The number of hydrogen-bond acceptors (Lipinski definition) is 17. The van der Waals surface area contributed by atoms with Gasteiger partial charge in [0.1, 0.15) is 18.3 Å². The van der Waals surface area contributed by atoms with E-state index in [0.717, 1.165) is 25.7 Å². The van der Waals surface area contributed by atoms with Gasteiger partial charge < -0.3 is 29.5 Å². The minimum absolute atomic E-state index is 0.0280. The Kier molecular flexibility index (Phi) is 13.0. The SMILES string of the molecule is CC(C)CC(=O)OC1[C@@H](OC2CC(C(=O)O)C3CCC45CC(CCC4C3(C)C2)C(C)[C@@H]5O)OC(CO)[C@@H](OSOOO)[C@H]1OSOOO. The summed E-state index contributed by atoms with van der Waals surface area (Å²) < 4.78 is 38.5. The van der Waals surface area contributed by atoms with Gasteiger partial charge >= 0.3 is 11.9 Å². The van der Waals surface area contributed by atoms with Crippen molar-refractivity contribution >= 4 is 36.6 Å². The molecular weight excluding hydrogens is 680 g/mol. The maximum absolute atomic E-state index is 13.1. The maximum atomic E-state index is 13.1. The van der Waals surface area contributed by atoms with Crippen LogP contribution in [0.15, 0.2) is 0 Å². The summed E-state index contributed by atoms with van der Waals surface area (Å²) in [6.45, 7) is 7.29. The van der Waals surface area contributed by atoms with Crippen molar-refractivity contribution in [1.29, 1.82) is 0 Å². The summed E-state index contributed by atoms with van der Waals surface area (Å²) in [4.78, 5) is 25.9. The average molecular weight is 729 g/mol. The van der Waals surface area contributed by atoms with Crippen molar-refractivity contribution in [2.24, 2.45) is 46.3 Å². The van der Waals surface area contributed by atoms with Crippen molar-refractivity contribution in [3.8, 4) is 0 Å². The zero-order chi connectivity index (χ0) is 34.8. The molecule has 4 aliphatic carbocycles. The van der Waals surface area contributed by atoms with Crippen LogP contribution in [0.4, 0.5) is 0 Å². The Morgan fingerprint density at radius 1 is 1.00 bits per heavy atom. The molecule has 0 aromatic carbocycles. The zero-order valence-corrected chi connectivity index (χ0v) is 29.0. The van der Waals surface area contributed by atoms with Crippen LogP contribution in [-0.2, 0) is 50.9 Å². The molecule has 1 heterocycles. The van der Waals surface area contributed by atoms with Crippen LogP contribution in [0.3, 0.4) is 0 Å². The fourth-order valence-electron chi connectivity index (χ4n) is 10.1. The number of carboxylic acid groups (broad SMARTS) is 1. The van der Waals surface area contributed by atoms with Gasteiger partial charge in [-0.2, -0.15) is 0 Å². The smallest absolute Gasteiger partial charge is 0.306 e. The predicted molar refractivity (Wildman–Crippen MR) is 164 cm³/mol. The summed E-state index contributed by atoms with van der Waals surface area (Å²) in [7, 11) is 0. The van der Waals surface area contributed by atoms with Gasteiger partial charge in [-0.15, -0.1) is 8.67 Å². The lowest BCUT2D eigenvalue weighted by Crippen LogP contribution is -2.63. The number of aliphatic carboxylic acids is 1. The van der Waals surface area contributed by atoms with Crippen molar-refractivity contribution in [2.45, 2.75) is 122 Å². The molecule has 0 amide bonds. The Morgan fingerprint density at radius 2 is 1.69 bits per heavy atom. The second-order valence-corrected chi connectivity index (χ2v) is 15.7. The molecule has 0 radical (unpaired) electrons.